The summed E-state index contributed by atoms with van der Waals surface area (Å²) in [5.41, 5.74) is 4.17. The van der Waals surface area contributed by atoms with Crippen LogP contribution in [0.2, 0.25) is 0 Å². The van der Waals surface area contributed by atoms with Gasteiger partial charge in [-0.3, -0.25) is 0 Å². The monoisotopic (exact) mass is 120 g/mol. The smallest absolute Gasteiger partial charge is 0.0241 e. The molecule has 0 heteroatoms. The van der Waals surface area contributed by atoms with E-state index in [1.165, 1.54) is 16.7 Å². The van der Waals surface area contributed by atoms with E-state index >= 15 is 0 Å². The van der Waals surface area contributed by atoms with Gasteiger partial charge in [0, 0.05) is 0 Å². The van der Waals surface area contributed by atoms with E-state index in [0.29, 0.717) is 0 Å². The Bertz CT molecular complexity index is 182. The van der Waals surface area contributed by atoms with Crippen LogP contribution in [0.15, 0.2) is 34.9 Å². The lowest BCUT2D eigenvalue weighted by molar-refractivity contribution is 1.36. The van der Waals surface area contributed by atoms with Gasteiger partial charge in [0.2, 0.25) is 0 Å². The van der Waals surface area contributed by atoms with E-state index in [0.717, 1.165) is 0 Å². The first-order valence-corrected chi connectivity index (χ1v) is 3.28. The zero-order chi connectivity index (χ0) is 6.85. The zero-order valence-corrected chi connectivity index (χ0v) is 6.23. The van der Waals surface area contributed by atoms with Gasteiger partial charge in [-0.1, -0.05) is 18.2 Å². The van der Waals surface area contributed by atoms with Gasteiger partial charge >= 0.3 is 0 Å². The van der Waals surface area contributed by atoms with Gasteiger partial charge < -0.3 is 0 Å². The topological polar surface area (TPSA) is 0 Å². The molecule has 0 fully saturated rings. The summed E-state index contributed by atoms with van der Waals surface area (Å²) in [7, 11) is 0. The maximum absolute atomic E-state index is 2.16. The molecular weight excluding hydrogens is 108 g/mol. The van der Waals surface area contributed by atoms with E-state index in [4.69, 9.17) is 0 Å². The molecule has 9 heavy (non-hydrogen) atoms. The number of hydrogen-bond acceptors (Lipinski definition) is 0. The molecule has 0 radical (unpaired) electrons. The second kappa shape index (κ2) is 2.22. The van der Waals surface area contributed by atoms with Crippen LogP contribution >= 0.6 is 0 Å². The normalized spacial score (nSPS) is 17.4. The fourth-order valence-corrected chi connectivity index (χ4v) is 1.20. The van der Waals surface area contributed by atoms with Crippen molar-refractivity contribution in [1.82, 2.24) is 0 Å². The molecule has 1 aliphatic carbocycles. The van der Waals surface area contributed by atoms with Crippen LogP contribution in [-0.2, 0) is 0 Å². The third-order valence-corrected chi connectivity index (χ3v) is 1.72. The Morgan fingerprint density at radius 3 is 1.78 bits per heavy atom. The van der Waals surface area contributed by atoms with Crippen molar-refractivity contribution in [3.8, 4) is 0 Å². The first-order chi connectivity index (χ1) is 4.25. The van der Waals surface area contributed by atoms with Crippen LogP contribution in [0.4, 0.5) is 0 Å². The molecule has 0 spiro atoms. The predicted molar refractivity (Wildman–Crippen MR) is 41.3 cm³/mol. The van der Waals surface area contributed by atoms with Crippen molar-refractivity contribution in [3.63, 3.8) is 0 Å². The summed E-state index contributed by atoms with van der Waals surface area (Å²) < 4.78 is 0. The van der Waals surface area contributed by atoms with E-state index in [9.17, 15) is 0 Å². The van der Waals surface area contributed by atoms with E-state index in [2.05, 4.69) is 39.0 Å². The Morgan fingerprint density at radius 2 is 1.56 bits per heavy atom. The largest absolute Gasteiger partial charge is 0.0799 e. The first-order valence-electron chi connectivity index (χ1n) is 3.28. The van der Waals surface area contributed by atoms with Crippen LogP contribution in [0.25, 0.3) is 0 Å². The molecule has 0 bridgehead atoms. The molecule has 0 N–H and O–H groups in total. The summed E-state index contributed by atoms with van der Waals surface area (Å²) >= 11 is 0. The molecule has 0 nitrogen and oxygen atoms in total. The highest BCUT2D eigenvalue weighted by molar-refractivity contribution is 5.52. The lowest BCUT2D eigenvalue weighted by Crippen LogP contribution is -1.79. The lowest BCUT2D eigenvalue weighted by atomic mass is 10.1. The molecule has 0 unspecified atom stereocenters. The Labute approximate surface area is 56.6 Å². The molecule has 1 rings (SSSR count). The van der Waals surface area contributed by atoms with Crippen molar-refractivity contribution in [3.05, 3.63) is 34.9 Å². The SMILES string of the molecule is CC=C1C(C)=CC=C1C. The van der Waals surface area contributed by atoms with Crippen LogP contribution in [0.5, 0.6) is 0 Å². The van der Waals surface area contributed by atoms with Crippen LogP contribution < -0.4 is 0 Å². The Morgan fingerprint density at radius 1 is 1.11 bits per heavy atom. The highest BCUT2D eigenvalue weighted by atomic mass is 14.1. The minimum absolute atomic E-state index is 1.38. The summed E-state index contributed by atoms with van der Waals surface area (Å²) in [6.45, 7) is 6.36. The zero-order valence-electron chi connectivity index (χ0n) is 6.23. The van der Waals surface area contributed by atoms with Crippen molar-refractivity contribution < 1.29 is 0 Å². The van der Waals surface area contributed by atoms with Crippen molar-refractivity contribution in [2.24, 2.45) is 0 Å². The van der Waals surface area contributed by atoms with Gasteiger partial charge in [0.1, 0.15) is 0 Å². The van der Waals surface area contributed by atoms with Crippen LogP contribution in [-0.4, -0.2) is 0 Å². The van der Waals surface area contributed by atoms with Gasteiger partial charge in [0.15, 0.2) is 0 Å². The highest BCUT2D eigenvalue weighted by Crippen LogP contribution is 2.24. The second-order valence-corrected chi connectivity index (χ2v) is 2.40. The molecule has 0 aromatic rings. The van der Waals surface area contributed by atoms with Crippen molar-refractivity contribution in [2.45, 2.75) is 20.8 Å². The van der Waals surface area contributed by atoms with Gasteiger partial charge in [0.05, 0.1) is 0 Å². The van der Waals surface area contributed by atoms with E-state index < -0.39 is 0 Å². The summed E-state index contributed by atoms with van der Waals surface area (Å²) in [6.07, 6.45) is 6.47. The minimum atomic E-state index is 1.38. The Balaban J connectivity index is 2.96. The van der Waals surface area contributed by atoms with E-state index in [-0.39, 0.29) is 0 Å². The van der Waals surface area contributed by atoms with Crippen LogP contribution in [0.1, 0.15) is 20.8 Å². The van der Waals surface area contributed by atoms with Gasteiger partial charge in [-0.2, -0.15) is 0 Å². The third kappa shape index (κ3) is 0.973. The molecule has 0 aromatic carbocycles. The molecule has 0 atom stereocenters. The molecule has 0 amide bonds. The van der Waals surface area contributed by atoms with Crippen LogP contribution in [0.3, 0.4) is 0 Å². The molecule has 1 aliphatic rings. The average molecular weight is 120 g/mol. The van der Waals surface area contributed by atoms with Gasteiger partial charge in [-0.05, 0) is 37.5 Å². The van der Waals surface area contributed by atoms with Crippen molar-refractivity contribution in [1.29, 1.82) is 0 Å². The third-order valence-electron chi connectivity index (χ3n) is 1.72. The fourth-order valence-electron chi connectivity index (χ4n) is 1.20. The Hall–Kier alpha value is -0.780. The number of allylic oxidation sites excluding steroid dienone is 6. The van der Waals surface area contributed by atoms with E-state index in [1.807, 2.05) is 0 Å². The maximum atomic E-state index is 2.16. The van der Waals surface area contributed by atoms with Gasteiger partial charge in [0.25, 0.3) is 0 Å². The second-order valence-electron chi connectivity index (χ2n) is 2.40. The maximum Gasteiger partial charge on any atom is -0.0241 e. The number of rotatable bonds is 0. The molecule has 0 saturated carbocycles. The van der Waals surface area contributed by atoms with Crippen molar-refractivity contribution >= 4 is 0 Å². The molecular formula is C9H12. The minimum Gasteiger partial charge on any atom is -0.0799 e. The Kier molecular flexibility index (Phi) is 1.56. The van der Waals surface area contributed by atoms with Gasteiger partial charge in [-0.25, -0.2) is 0 Å². The average Bonchev–Trinajstić information content (AvgIpc) is 2.12. The molecule has 0 aliphatic heterocycles. The summed E-state index contributed by atoms with van der Waals surface area (Å²) in [5, 5.41) is 0. The summed E-state index contributed by atoms with van der Waals surface area (Å²) in [5.74, 6) is 0. The summed E-state index contributed by atoms with van der Waals surface area (Å²) in [4.78, 5) is 0. The molecule has 0 aromatic heterocycles. The summed E-state index contributed by atoms with van der Waals surface area (Å²) in [6, 6.07) is 0. The highest BCUT2D eigenvalue weighted by Gasteiger charge is 2.04. The predicted octanol–water partition coefficient (Wildman–Crippen LogP) is 2.84. The van der Waals surface area contributed by atoms with Crippen molar-refractivity contribution in [2.75, 3.05) is 0 Å². The first kappa shape index (κ1) is 6.34. The van der Waals surface area contributed by atoms with Crippen LogP contribution in [0, 0.1) is 0 Å². The standard InChI is InChI=1S/C9H12/c1-4-9-7(2)5-6-8(9)3/h4-6H,1-3H3. The van der Waals surface area contributed by atoms with E-state index in [1.54, 1.807) is 0 Å². The molecule has 48 valence electrons. The molecule has 0 heterocycles. The number of hydrogen-bond donors (Lipinski definition) is 0. The lowest BCUT2D eigenvalue weighted by Gasteiger charge is -1.98. The van der Waals surface area contributed by atoms with Gasteiger partial charge in [-0.15, -0.1) is 0 Å². The fraction of sp³-hybridized carbons (Fsp3) is 0.333. The molecule has 0 saturated heterocycles. The quantitative estimate of drug-likeness (QED) is 0.461.